The van der Waals surface area contributed by atoms with E-state index >= 15 is 0 Å². The standard InChI is InChI=1S/C14H19N3OS.ClH/c1-3-6-10(15)14(18)17(2)9-13-16-11-7-4-5-8-12(11)19-13;/h4-5,7-8,10H,3,6,9,15H2,1-2H3;1H. The van der Waals surface area contributed by atoms with Crippen LogP contribution in [0.4, 0.5) is 0 Å². The summed E-state index contributed by atoms with van der Waals surface area (Å²) in [6.45, 7) is 2.55. The summed E-state index contributed by atoms with van der Waals surface area (Å²) in [5.74, 6) is -0.0129. The van der Waals surface area contributed by atoms with Crippen molar-refractivity contribution in [2.75, 3.05) is 7.05 Å². The summed E-state index contributed by atoms with van der Waals surface area (Å²) >= 11 is 1.62. The van der Waals surface area contributed by atoms with Gasteiger partial charge in [0.05, 0.1) is 22.8 Å². The highest BCUT2D eigenvalue weighted by atomic mass is 35.5. The summed E-state index contributed by atoms with van der Waals surface area (Å²) in [7, 11) is 1.78. The number of nitrogens with two attached hydrogens (primary N) is 1. The summed E-state index contributed by atoms with van der Waals surface area (Å²) in [6.07, 6.45) is 1.64. The first-order valence-electron chi connectivity index (χ1n) is 6.46. The van der Waals surface area contributed by atoms with Gasteiger partial charge in [-0.25, -0.2) is 4.98 Å². The third-order valence-corrected chi connectivity index (χ3v) is 4.02. The first-order chi connectivity index (χ1) is 9.11. The van der Waals surface area contributed by atoms with E-state index in [2.05, 4.69) is 4.98 Å². The van der Waals surface area contributed by atoms with Crippen LogP contribution in [-0.4, -0.2) is 28.9 Å². The van der Waals surface area contributed by atoms with E-state index < -0.39 is 6.04 Å². The third-order valence-electron chi connectivity index (χ3n) is 3.00. The number of hydrogen-bond acceptors (Lipinski definition) is 4. The van der Waals surface area contributed by atoms with Crippen LogP contribution in [0.25, 0.3) is 10.2 Å². The number of para-hydroxylation sites is 1. The van der Waals surface area contributed by atoms with Gasteiger partial charge in [0, 0.05) is 7.05 Å². The predicted molar refractivity (Wildman–Crippen MR) is 86.2 cm³/mol. The number of hydrogen-bond donors (Lipinski definition) is 1. The summed E-state index contributed by atoms with van der Waals surface area (Å²) in [5.41, 5.74) is 6.84. The van der Waals surface area contributed by atoms with Crippen molar-refractivity contribution in [3.63, 3.8) is 0 Å². The molecule has 0 saturated heterocycles. The summed E-state index contributed by atoms with van der Waals surface area (Å²) in [6, 6.07) is 7.60. The summed E-state index contributed by atoms with van der Waals surface area (Å²) in [4.78, 5) is 18.2. The molecule has 4 nitrogen and oxygen atoms in total. The quantitative estimate of drug-likeness (QED) is 0.923. The molecule has 0 bridgehead atoms. The van der Waals surface area contributed by atoms with Gasteiger partial charge in [-0.15, -0.1) is 23.7 Å². The van der Waals surface area contributed by atoms with E-state index in [0.717, 1.165) is 28.1 Å². The maximum atomic E-state index is 12.0. The van der Waals surface area contributed by atoms with Gasteiger partial charge in [0.2, 0.25) is 5.91 Å². The van der Waals surface area contributed by atoms with Gasteiger partial charge in [-0.3, -0.25) is 4.79 Å². The third kappa shape index (κ3) is 3.91. The number of carbonyl (C=O) groups is 1. The Labute approximate surface area is 129 Å². The predicted octanol–water partition coefficient (Wildman–Crippen LogP) is 2.80. The Morgan fingerprint density at radius 1 is 1.45 bits per heavy atom. The lowest BCUT2D eigenvalue weighted by molar-refractivity contribution is -0.131. The molecular formula is C14H20ClN3OS. The molecule has 0 aliphatic heterocycles. The Morgan fingerprint density at radius 3 is 2.80 bits per heavy atom. The number of aromatic nitrogens is 1. The van der Waals surface area contributed by atoms with Gasteiger partial charge >= 0.3 is 0 Å². The van der Waals surface area contributed by atoms with Crippen LogP contribution in [0.2, 0.25) is 0 Å². The highest BCUT2D eigenvalue weighted by molar-refractivity contribution is 7.18. The molecule has 1 aromatic carbocycles. The fraction of sp³-hybridized carbons (Fsp3) is 0.429. The number of likely N-dealkylation sites (N-methyl/N-ethyl adjacent to an activating group) is 1. The SMILES string of the molecule is CCCC(N)C(=O)N(C)Cc1nc2ccccc2s1.Cl. The number of amides is 1. The molecule has 2 rings (SSSR count). The minimum Gasteiger partial charge on any atom is -0.338 e. The van der Waals surface area contributed by atoms with Gasteiger partial charge in [-0.1, -0.05) is 25.5 Å². The monoisotopic (exact) mass is 313 g/mol. The summed E-state index contributed by atoms with van der Waals surface area (Å²) in [5, 5.41) is 0.945. The number of nitrogens with zero attached hydrogens (tertiary/aromatic N) is 2. The van der Waals surface area contributed by atoms with E-state index in [4.69, 9.17) is 5.73 Å². The van der Waals surface area contributed by atoms with Crippen LogP contribution in [0, 0.1) is 0 Å². The second kappa shape index (κ2) is 7.57. The molecule has 1 heterocycles. The lowest BCUT2D eigenvalue weighted by Crippen LogP contribution is -2.41. The summed E-state index contributed by atoms with van der Waals surface area (Å²) < 4.78 is 1.15. The highest BCUT2D eigenvalue weighted by Crippen LogP contribution is 2.22. The molecule has 1 atom stereocenters. The number of carbonyl (C=O) groups excluding carboxylic acids is 1. The van der Waals surface area contributed by atoms with E-state index in [0.29, 0.717) is 6.54 Å². The number of halogens is 1. The average molecular weight is 314 g/mol. The second-order valence-electron chi connectivity index (χ2n) is 4.66. The molecule has 1 amide bonds. The van der Waals surface area contributed by atoms with E-state index in [-0.39, 0.29) is 18.3 Å². The Bertz CT molecular complexity index is 539. The molecule has 2 aromatic rings. The number of benzene rings is 1. The minimum atomic E-state index is -0.399. The van der Waals surface area contributed by atoms with Crippen LogP contribution in [0.15, 0.2) is 24.3 Å². The number of thiazole rings is 1. The zero-order valence-electron chi connectivity index (χ0n) is 11.7. The first kappa shape index (κ1) is 16.9. The zero-order chi connectivity index (χ0) is 13.8. The number of rotatable bonds is 5. The van der Waals surface area contributed by atoms with E-state index in [9.17, 15) is 4.79 Å². The van der Waals surface area contributed by atoms with Gasteiger partial charge in [0.25, 0.3) is 0 Å². The minimum absolute atomic E-state index is 0. The molecular weight excluding hydrogens is 294 g/mol. The molecule has 20 heavy (non-hydrogen) atoms. The molecule has 0 saturated carbocycles. The second-order valence-corrected chi connectivity index (χ2v) is 5.78. The molecule has 0 spiro atoms. The lowest BCUT2D eigenvalue weighted by atomic mass is 10.1. The molecule has 0 aliphatic carbocycles. The molecule has 0 radical (unpaired) electrons. The largest absolute Gasteiger partial charge is 0.338 e. The van der Waals surface area contributed by atoms with Crippen molar-refractivity contribution < 1.29 is 4.79 Å². The first-order valence-corrected chi connectivity index (χ1v) is 7.28. The molecule has 1 aromatic heterocycles. The molecule has 0 fully saturated rings. The van der Waals surface area contributed by atoms with E-state index in [1.807, 2.05) is 31.2 Å². The Kier molecular flexibility index (Phi) is 6.39. The molecule has 2 N–H and O–H groups in total. The van der Waals surface area contributed by atoms with Gasteiger partial charge in [-0.05, 0) is 18.6 Å². The van der Waals surface area contributed by atoms with Gasteiger partial charge in [-0.2, -0.15) is 0 Å². The Morgan fingerprint density at radius 2 is 2.15 bits per heavy atom. The molecule has 0 aliphatic rings. The van der Waals surface area contributed by atoms with Crippen LogP contribution in [0.1, 0.15) is 24.8 Å². The fourth-order valence-corrected chi connectivity index (χ4v) is 3.01. The van der Waals surface area contributed by atoms with Crippen molar-refractivity contribution in [2.45, 2.75) is 32.4 Å². The van der Waals surface area contributed by atoms with Crippen molar-refractivity contribution in [1.82, 2.24) is 9.88 Å². The van der Waals surface area contributed by atoms with Crippen molar-refractivity contribution in [3.05, 3.63) is 29.3 Å². The topological polar surface area (TPSA) is 59.2 Å². The Hall–Kier alpha value is -1.17. The highest BCUT2D eigenvalue weighted by Gasteiger charge is 2.18. The van der Waals surface area contributed by atoms with E-state index in [1.165, 1.54) is 0 Å². The zero-order valence-corrected chi connectivity index (χ0v) is 13.3. The van der Waals surface area contributed by atoms with Crippen LogP contribution < -0.4 is 5.73 Å². The van der Waals surface area contributed by atoms with Crippen LogP contribution >= 0.6 is 23.7 Å². The van der Waals surface area contributed by atoms with Gasteiger partial charge in [0.1, 0.15) is 5.01 Å². The molecule has 110 valence electrons. The van der Waals surface area contributed by atoms with Gasteiger partial charge < -0.3 is 10.6 Å². The van der Waals surface area contributed by atoms with Crippen LogP contribution in [-0.2, 0) is 11.3 Å². The maximum Gasteiger partial charge on any atom is 0.239 e. The molecule has 1 unspecified atom stereocenters. The van der Waals surface area contributed by atoms with E-state index in [1.54, 1.807) is 23.3 Å². The molecule has 6 heteroatoms. The maximum absolute atomic E-state index is 12.0. The van der Waals surface area contributed by atoms with Crippen molar-refractivity contribution in [3.8, 4) is 0 Å². The van der Waals surface area contributed by atoms with Crippen LogP contribution in [0.3, 0.4) is 0 Å². The van der Waals surface area contributed by atoms with Crippen molar-refractivity contribution in [2.24, 2.45) is 5.73 Å². The Balaban J connectivity index is 0.00000200. The lowest BCUT2D eigenvalue weighted by Gasteiger charge is -2.19. The van der Waals surface area contributed by atoms with Crippen molar-refractivity contribution in [1.29, 1.82) is 0 Å². The normalized spacial score (nSPS) is 11.9. The van der Waals surface area contributed by atoms with Crippen LogP contribution in [0.5, 0.6) is 0 Å². The average Bonchev–Trinajstić information content (AvgIpc) is 2.80. The van der Waals surface area contributed by atoms with Gasteiger partial charge in [0.15, 0.2) is 0 Å². The smallest absolute Gasteiger partial charge is 0.239 e. The number of fused-ring (bicyclic) bond motifs is 1. The fourth-order valence-electron chi connectivity index (χ4n) is 1.99. The van der Waals surface area contributed by atoms with Crippen molar-refractivity contribution >= 4 is 39.9 Å².